The summed E-state index contributed by atoms with van der Waals surface area (Å²) in [6.45, 7) is 4.74. The Balaban J connectivity index is 3.58. The summed E-state index contributed by atoms with van der Waals surface area (Å²) in [5.41, 5.74) is 0. The van der Waals surface area contributed by atoms with Gasteiger partial charge in [0.1, 0.15) is 0 Å². The monoisotopic (exact) mass is 676 g/mol. The first-order valence-corrected chi connectivity index (χ1v) is 20.2. The van der Waals surface area contributed by atoms with Gasteiger partial charge in [0.05, 0.1) is 25.4 Å². The zero-order chi connectivity index (χ0) is 35.2. The SMILES string of the molecule is CCC/C=C\C/C=C\CCCCCCCC(=O)OCCCCCC/C=C\CCCC(=O)NC(CO)C(O)CCCCCCCCCCC. The number of carbonyl (C=O) groups excluding carboxylic acids is 2. The van der Waals surface area contributed by atoms with E-state index >= 15 is 0 Å². The molecule has 1 amide bonds. The van der Waals surface area contributed by atoms with Gasteiger partial charge in [0, 0.05) is 12.8 Å². The maximum atomic E-state index is 12.3. The fourth-order valence-corrected chi connectivity index (χ4v) is 5.74. The predicted molar refractivity (Wildman–Crippen MR) is 204 cm³/mol. The molecule has 2 unspecified atom stereocenters. The van der Waals surface area contributed by atoms with E-state index < -0.39 is 12.1 Å². The lowest BCUT2D eigenvalue weighted by Gasteiger charge is -2.22. The average molecular weight is 676 g/mol. The summed E-state index contributed by atoms with van der Waals surface area (Å²) >= 11 is 0. The van der Waals surface area contributed by atoms with E-state index in [4.69, 9.17) is 4.74 Å². The number of nitrogens with one attached hydrogen (secondary N) is 1. The second kappa shape index (κ2) is 37.9. The van der Waals surface area contributed by atoms with Crippen molar-refractivity contribution in [3.05, 3.63) is 36.5 Å². The number of carbonyl (C=O) groups is 2. The van der Waals surface area contributed by atoms with Crippen LogP contribution in [0, 0.1) is 0 Å². The Morgan fingerprint density at radius 2 is 1.10 bits per heavy atom. The quantitative estimate of drug-likeness (QED) is 0.0349. The molecule has 48 heavy (non-hydrogen) atoms. The molecule has 0 spiro atoms. The molecule has 0 rings (SSSR count). The van der Waals surface area contributed by atoms with Crippen LogP contribution in [0.1, 0.15) is 194 Å². The molecule has 0 fully saturated rings. The van der Waals surface area contributed by atoms with Gasteiger partial charge < -0.3 is 20.3 Å². The number of ether oxygens (including phenoxy) is 1. The van der Waals surface area contributed by atoms with Crippen molar-refractivity contribution in [2.75, 3.05) is 13.2 Å². The van der Waals surface area contributed by atoms with Crippen molar-refractivity contribution in [1.82, 2.24) is 5.32 Å². The number of amides is 1. The number of allylic oxidation sites excluding steroid dienone is 6. The molecule has 0 heterocycles. The van der Waals surface area contributed by atoms with Crippen LogP contribution in [0.5, 0.6) is 0 Å². The first kappa shape index (κ1) is 46.1. The van der Waals surface area contributed by atoms with Gasteiger partial charge in [-0.2, -0.15) is 0 Å². The molecule has 0 radical (unpaired) electrons. The van der Waals surface area contributed by atoms with Gasteiger partial charge in [-0.15, -0.1) is 0 Å². The van der Waals surface area contributed by atoms with E-state index in [1.807, 2.05) is 0 Å². The lowest BCUT2D eigenvalue weighted by molar-refractivity contribution is -0.143. The number of hydrogen-bond acceptors (Lipinski definition) is 5. The highest BCUT2D eigenvalue weighted by molar-refractivity contribution is 5.76. The van der Waals surface area contributed by atoms with Crippen LogP contribution in [0.15, 0.2) is 36.5 Å². The Morgan fingerprint density at radius 3 is 1.73 bits per heavy atom. The molecule has 6 heteroatoms. The molecule has 0 saturated heterocycles. The molecular weight excluding hydrogens is 598 g/mol. The van der Waals surface area contributed by atoms with Crippen molar-refractivity contribution in [3.63, 3.8) is 0 Å². The Bertz CT molecular complexity index is 793. The van der Waals surface area contributed by atoms with Gasteiger partial charge in [-0.05, 0) is 70.6 Å². The molecule has 0 aliphatic carbocycles. The lowest BCUT2D eigenvalue weighted by atomic mass is 10.0. The summed E-state index contributed by atoms with van der Waals surface area (Å²) in [7, 11) is 0. The Labute approximate surface area is 296 Å². The zero-order valence-corrected chi connectivity index (χ0v) is 31.5. The summed E-state index contributed by atoms with van der Waals surface area (Å²) in [6, 6.07) is -0.577. The molecule has 0 aliphatic heterocycles. The molecule has 0 aromatic carbocycles. The Hall–Kier alpha value is -1.92. The summed E-state index contributed by atoms with van der Waals surface area (Å²) in [4.78, 5) is 24.3. The van der Waals surface area contributed by atoms with Crippen molar-refractivity contribution < 1.29 is 24.5 Å². The van der Waals surface area contributed by atoms with Crippen LogP contribution in [-0.4, -0.2) is 47.4 Å². The second-order valence-corrected chi connectivity index (χ2v) is 13.6. The fraction of sp³-hybridized carbons (Fsp3) is 0.810. The first-order valence-electron chi connectivity index (χ1n) is 20.2. The first-order chi connectivity index (χ1) is 23.5. The highest BCUT2D eigenvalue weighted by Gasteiger charge is 2.19. The highest BCUT2D eigenvalue weighted by Crippen LogP contribution is 2.13. The van der Waals surface area contributed by atoms with Gasteiger partial charge in [0.25, 0.3) is 0 Å². The number of hydrogen-bond donors (Lipinski definition) is 3. The van der Waals surface area contributed by atoms with Crippen molar-refractivity contribution in [1.29, 1.82) is 0 Å². The summed E-state index contributed by atoms with van der Waals surface area (Å²) < 4.78 is 5.40. The minimum Gasteiger partial charge on any atom is -0.466 e. The second-order valence-electron chi connectivity index (χ2n) is 13.6. The van der Waals surface area contributed by atoms with Gasteiger partial charge in [-0.1, -0.05) is 147 Å². The minimum atomic E-state index is -0.693. The highest BCUT2D eigenvalue weighted by atomic mass is 16.5. The third-order valence-electron chi connectivity index (χ3n) is 8.89. The number of aliphatic hydroxyl groups excluding tert-OH is 2. The summed E-state index contributed by atoms with van der Waals surface area (Å²) in [5.74, 6) is -0.155. The number of unbranched alkanes of at least 4 members (excludes halogenated alkanes) is 19. The van der Waals surface area contributed by atoms with E-state index in [9.17, 15) is 19.8 Å². The molecule has 0 aliphatic rings. The average Bonchev–Trinajstić information content (AvgIpc) is 3.08. The third kappa shape index (κ3) is 34.0. The van der Waals surface area contributed by atoms with Gasteiger partial charge in [0.2, 0.25) is 5.91 Å². The number of rotatable bonds is 36. The van der Waals surface area contributed by atoms with Crippen LogP contribution in [-0.2, 0) is 14.3 Å². The van der Waals surface area contributed by atoms with Crippen LogP contribution in [0.3, 0.4) is 0 Å². The molecule has 280 valence electrons. The van der Waals surface area contributed by atoms with E-state index in [-0.39, 0.29) is 18.5 Å². The largest absolute Gasteiger partial charge is 0.466 e. The molecule has 6 nitrogen and oxygen atoms in total. The van der Waals surface area contributed by atoms with Crippen LogP contribution in [0.2, 0.25) is 0 Å². The molecule has 0 aromatic rings. The van der Waals surface area contributed by atoms with Gasteiger partial charge >= 0.3 is 5.97 Å². The van der Waals surface area contributed by atoms with Crippen LogP contribution in [0.25, 0.3) is 0 Å². The normalized spacial score (nSPS) is 13.2. The summed E-state index contributed by atoms with van der Waals surface area (Å²) in [6.07, 6.45) is 42.4. The summed E-state index contributed by atoms with van der Waals surface area (Å²) in [5, 5.41) is 22.9. The van der Waals surface area contributed by atoms with Gasteiger partial charge in [0.15, 0.2) is 0 Å². The molecule has 0 aromatic heterocycles. The van der Waals surface area contributed by atoms with E-state index in [0.717, 1.165) is 83.5 Å². The zero-order valence-electron chi connectivity index (χ0n) is 31.5. The third-order valence-corrected chi connectivity index (χ3v) is 8.89. The van der Waals surface area contributed by atoms with Crippen molar-refractivity contribution in [2.24, 2.45) is 0 Å². The smallest absolute Gasteiger partial charge is 0.305 e. The molecular formula is C42H77NO5. The molecule has 3 N–H and O–H groups in total. The molecule has 0 bridgehead atoms. The van der Waals surface area contributed by atoms with Crippen LogP contribution in [0.4, 0.5) is 0 Å². The van der Waals surface area contributed by atoms with E-state index in [1.54, 1.807) is 0 Å². The minimum absolute atomic E-state index is 0.0529. The lowest BCUT2D eigenvalue weighted by Crippen LogP contribution is -2.45. The number of esters is 1. The predicted octanol–water partition coefficient (Wildman–Crippen LogP) is 11.0. The van der Waals surface area contributed by atoms with Crippen molar-refractivity contribution >= 4 is 11.9 Å². The van der Waals surface area contributed by atoms with E-state index in [0.29, 0.717) is 25.9 Å². The Kier molecular flexibility index (Phi) is 36.4. The van der Waals surface area contributed by atoms with Crippen LogP contribution >= 0.6 is 0 Å². The van der Waals surface area contributed by atoms with E-state index in [2.05, 4.69) is 55.6 Å². The van der Waals surface area contributed by atoms with Gasteiger partial charge in [-0.3, -0.25) is 9.59 Å². The topological polar surface area (TPSA) is 95.9 Å². The van der Waals surface area contributed by atoms with Gasteiger partial charge in [-0.25, -0.2) is 0 Å². The van der Waals surface area contributed by atoms with E-state index in [1.165, 1.54) is 77.0 Å². The fourth-order valence-electron chi connectivity index (χ4n) is 5.74. The van der Waals surface area contributed by atoms with Crippen molar-refractivity contribution in [2.45, 2.75) is 206 Å². The maximum Gasteiger partial charge on any atom is 0.305 e. The maximum absolute atomic E-state index is 12.3. The van der Waals surface area contributed by atoms with Crippen molar-refractivity contribution in [3.8, 4) is 0 Å². The standard InChI is InChI=1S/C42H77NO5/c1-3-5-7-9-11-13-14-15-16-20-24-28-32-36-42(47)48-37-33-29-25-21-17-19-23-27-31-35-41(46)43-39(38-44)40(45)34-30-26-22-18-12-10-8-6-4-2/h7,9,13-14,19,23,39-40,44-45H,3-6,8,10-12,15-18,20-22,24-38H2,1-2H3,(H,43,46)/b9-7-,14-13-,23-19-. The van der Waals surface area contributed by atoms with Crippen LogP contribution < -0.4 is 5.32 Å². The Morgan fingerprint density at radius 1 is 0.583 bits per heavy atom. The molecule has 0 saturated carbocycles. The number of aliphatic hydroxyl groups is 2. The molecule has 2 atom stereocenters.